The molecule has 0 spiro atoms. The maximum atomic E-state index is 3.79. The topological polar surface area (TPSA) is 12.0 Å². The third-order valence-corrected chi connectivity index (χ3v) is 3.44. The molecule has 0 fully saturated rings. The smallest absolute Gasteiger partial charge is 0.0322 e. The van der Waals surface area contributed by atoms with Gasteiger partial charge in [-0.05, 0) is 37.7 Å². The number of rotatable bonds is 8. The van der Waals surface area contributed by atoms with E-state index >= 15 is 0 Å². The van der Waals surface area contributed by atoms with E-state index in [-0.39, 0.29) is 0 Å². The van der Waals surface area contributed by atoms with Crippen molar-refractivity contribution in [3.8, 4) is 0 Å². The Hall–Kier alpha value is -0.820. The maximum absolute atomic E-state index is 3.79. The molecule has 0 aliphatic rings. The molecule has 1 nitrogen and oxygen atoms in total. The van der Waals surface area contributed by atoms with Crippen LogP contribution in [0.5, 0.6) is 0 Å². The highest BCUT2D eigenvalue weighted by Crippen LogP contribution is 2.20. The molecule has 0 heterocycles. The van der Waals surface area contributed by atoms with E-state index in [9.17, 15) is 0 Å². The molecule has 1 aromatic carbocycles. The van der Waals surface area contributed by atoms with Crippen molar-refractivity contribution >= 4 is 0 Å². The Balaban J connectivity index is 2.52. The highest BCUT2D eigenvalue weighted by atomic mass is 14.9. The third-order valence-electron chi connectivity index (χ3n) is 3.44. The monoisotopic (exact) mass is 247 g/mol. The van der Waals surface area contributed by atoms with Crippen molar-refractivity contribution in [3.05, 3.63) is 35.9 Å². The fourth-order valence-corrected chi connectivity index (χ4v) is 2.33. The van der Waals surface area contributed by atoms with Crippen LogP contribution in [0.15, 0.2) is 30.3 Å². The first-order chi connectivity index (χ1) is 8.63. The van der Waals surface area contributed by atoms with E-state index in [0.29, 0.717) is 12.1 Å². The Kier molecular flexibility index (Phi) is 7.04. The molecule has 0 aromatic heterocycles. The van der Waals surface area contributed by atoms with Crippen molar-refractivity contribution < 1.29 is 0 Å². The quantitative estimate of drug-likeness (QED) is 0.686. The maximum Gasteiger partial charge on any atom is 0.0322 e. The highest BCUT2D eigenvalue weighted by Gasteiger charge is 2.13. The molecule has 18 heavy (non-hydrogen) atoms. The van der Waals surface area contributed by atoms with Crippen molar-refractivity contribution in [3.63, 3.8) is 0 Å². The molecule has 2 atom stereocenters. The molecule has 0 saturated carbocycles. The summed E-state index contributed by atoms with van der Waals surface area (Å²) in [5, 5.41) is 3.79. The van der Waals surface area contributed by atoms with Gasteiger partial charge in [0.25, 0.3) is 0 Å². The molecule has 2 unspecified atom stereocenters. The second kappa shape index (κ2) is 8.31. The van der Waals surface area contributed by atoms with Crippen LogP contribution in [0.1, 0.15) is 65.0 Å². The summed E-state index contributed by atoms with van der Waals surface area (Å²) in [7, 11) is 0. The van der Waals surface area contributed by atoms with Crippen molar-refractivity contribution in [2.24, 2.45) is 5.92 Å². The van der Waals surface area contributed by atoms with E-state index in [0.717, 1.165) is 5.92 Å². The standard InChI is InChI=1S/C17H29N/c1-5-9-17(16-10-7-6-8-11-16)18-15(4)13-12-14(2)3/h6-8,10-11,14-15,17-18H,5,9,12-13H2,1-4H3. The number of hydrogen-bond acceptors (Lipinski definition) is 1. The average Bonchev–Trinajstić information content (AvgIpc) is 2.37. The lowest BCUT2D eigenvalue weighted by Crippen LogP contribution is -2.30. The molecular weight excluding hydrogens is 218 g/mol. The van der Waals surface area contributed by atoms with E-state index in [4.69, 9.17) is 0 Å². The van der Waals surface area contributed by atoms with Crippen molar-refractivity contribution in [1.29, 1.82) is 0 Å². The Labute approximate surface area is 113 Å². The molecule has 0 aliphatic heterocycles. The first-order valence-corrected chi connectivity index (χ1v) is 7.44. The van der Waals surface area contributed by atoms with Gasteiger partial charge in [-0.25, -0.2) is 0 Å². The van der Waals surface area contributed by atoms with Gasteiger partial charge in [-0.1, -0.05) is 57.5 Å². The number of hydrogen-bond donors (Lipinski definition) is 1. The van der Waals surface area contributed by atoms with Gasteiger partial charge in [0.1, 0.15) is 0 Å². The SMILES string of the molecule is CCCC(NC(C)CCC(C)C)c1ccccc1. The van der Waals surface area contributed by atoms with Gasteiger partial charge in [0.15, 0.2) is 0 Å². The fourth-order valence-electron chi connectivity index (χ4n) is 2.33. The van der Waals surface area contributed by atoms with Crippen LogP contribution in [0.3, 0.4) is 0 Å². The first-order valence-electron chi connectivity index (χ1n) is 7.44. The van der Waals surface area contributed by atoms with E-state index in [1.807, 2.05) is 0 Å². The molecule has 1 aromatic rings. The molecule has 1 rings (SSSR count). The lowest BCUT2D eigenvalue weighted by atomic mass is 9.99. The summed E-state index contributed by atoms with van der Waals surface area (Å²) in [6.07, 6.45) is 5.02. The van der Waals surface area contributed by atoms with Crippen LogP contribution < -0.4 is 5.32 Å². The Bertz CT molecular complexity index is 305. The summed E-state index contributed by atoms with van der Waals surface area (Å²) < 4.78 is 0. The van der Waals surface area contributed by atoms with Crippen LogP contribution in [0.4, 0.5) is 0 Å². The van der Waals surface area contributed by atoms with Crippen LogP contribution in [-0.4, -0.2) is 6.04 Å². The van der Waals surface area contributed by atoms with Crippen LogP contribution in [-0.2, 0) is 0 Å². The van der Waals surface area contributed by atoms with E-state index in [1.54, 1.807) is 0 Å². The zero-order valence-corrected chi connectivity index (χ0v) is 12.4. The van der Waals surface area contributed by atoms with Gasteiger partial charge in [-0.15, -0.1) is 0 Å². The number of benzene rings is 1. The van der Waals surface area contributed by atoms with Crippen LogP contribution in [0.25, 0.3) is 0 Å². The second-order valence-corrected chi connectivity index (χ2v) is 5.79. The summed E-state index contributed by atoms with van der Waals surface area (Å²) in [5.74, 6) is 0.801. The van der Waals surface area contributed by atoms with E-state index < -0.39 is 0 Å². The van der Waals surface area contributed by atoms with Gasteiger partial charge in [0, 0.05) is 12.1 Å². The van der Waals surface area contributed by atoms with Gasteiger partial charge in [0.2, 0.25) is 0 Å². The predicted molar refractivity (Wildman–Crippen MR) is 80.8 cm³/mol. The molecule has 1 heteroatoms. The van der Waals surface area contributed by atoms with Gasteiger partial charge in [0.05, 0.1) is 0 Å². The molecule has 0 radical (unpaired) electrons. The summed E-state index contributed by atoms with van der Waals surface area (Å²) in [4.78, 5) is 0. The summed E-state index contributed by atoms with van der Waals surface area (Å²) in [6.45, 7) is 9.17. The Morgan fingerprint density at radius 2 is 1.61 bits per heavy atom. The zero-order chi connectivity index (χ0) is 13.4. The predicted octanol–water partition coefficient (Wildman–Crippen LogP) is 4.94. The zero-order valence-electron chi connectivity index (χ0n) is 12.4. The molecule has 102 valence electrons. The molecule has 1 N–H and O–H groups in total. The molecule has 0 bridgehead atoms. The van der Waals surface area contributed by atoms with Crippen LogP contribution in [0.2, 0.25) is 0 Å². The number of nitrogens with one attached hydrogen (secondary N) is 1. The summed E-state index contributed by atoms with van der Waals surface area (Å²) >= 11 is 0. The van der Waals surface area contributed by atoms with Crippen molar-refractivity contribution in [2.45, 2.75) is 65.5 Å². The van der Waals surface area contributed by atoms with Crippen LogP contribution >= 0.6 is 0 Å². The largest absolute Gasteiger partial charge is 0.307 e. The lowest BCUT2D eigenvalue weighted by molar-refractivity contribution is 0.389. The van der Waals surface area contributed by atoms with Gasteiger partial charge >= 0.3 is 0 Å². The molecule has 0 aliphatic carbocycles. The first kappa shape index (κ1) is 15.2. The fraction of sp³-hybridized carbons (Fsp3) is 0.647. The normalized spacial score (nSPS) is 14.7. The van der Waals surface area contributed by atoms with E-state index in [1.165, 1.54) is 31.2 Å². The Morgan fingerprint density at radius 1 is 0.944 bits per heavy atom. The molecular formula is C17H29N. The highest BCUT2D eigenvalue weighted by molar-refractivity contribution is 5.18. The Morgan fingerprint density at radius 3 is 2.17 bits per heavy atom. The van der Waals surface area contributed by atoms with Gasteiger partial charge < -0.3 is 5.32 Å². The van der Waals surface area contributed by atoms with Gasteiger partial charge in [-0.2, -0.15) is 0 Å². The summed E-state index contributed by atoms with van der Waals surface area (Å²) in [6, 6.07) is 12.0. The lowest BCUT2D eigenvalue weighted by Gasteiger charge is -2.24. The second-order valence-electron chi connectivity index (χ2n) is 5.79. The van der Waals surface area contributed by atoms with Crippen molar-refractivity contribution in [1.82, 2.24) is 5.32 Å². The molecule has 0 amide bonds. The minimum absolute atomic E-state index is 0.512. The summed E-state index contributed by atoms with van der Waals surface area (Å²) in [5.41, 5.74) is 1.43. The van der Waals surface area contributed by atoms with E-state index in [2.05, 4.69) is 63.3 Å². The minimum atomic E-state index is 0.512. The van der Waals surface area contributed by atoms with Gasteiger partial charge in [-0.3, -0.25) is 0 Å². The minimum Gasteiger partial charge on any atom is -0.307 e. The average molecular weight is 247 g/mol. The van der Waals surface area contributed by atoms with Crippen molar-refractivity contribution in [2.75, 3.05) is 0 Å². The third kappa shape index (κ3) is 5.68. The molecule has 0 saturated heterocycles. The van der Waals surface area contributed by atoms with Crippen LogP contribution in [0, 0.1) is 5.92 Å².